The highest BCUT2D eigenvalue weighted by molar-refractivity contribution is 5.97. The number of fused-ring (bicyclic) bond motifs is 1. The van der Waals surface area contributed by atoms with Crippen molar-refractivity contribution in [2.24, 2.45) is 0 Å². The molecule has 4 nitrogen and oxygen atoms in total. The van der Waals surface area contributed by atoms with Crippen molar-refractivity contribution in [3.63, 3.8) is 0 Å². The lowest BCUT2D eigenvalue weighted by Gasteiger charge is -2.23. The molecule has 0 radical (unpaired) electrons. The van der Waals surface area contributed by atoms with E-state index in [9.17, 15) is 4.79 Å². The molecule has 1 amide bonds. The molecule has 26 heavy (non-hydrogen) atoms. The molecule has 1 saturated carbocycles. The lowest BCUT2D eigenvalue weighted by molar-refractivity contribution is 0.0954. The third-order valence-corrected chi connectivity index (χ3v) is 5.33. The molecule has 1 aliphatic carbocycles. The predicted molar refractivity (Wildman–Crippen MR) is 104 cm³/mol. The summed E-state index contributed by atoms with van der Waals surface area (Å²) in [5.74, 6) is -0.0549. The molecule has 0 atom stereocenters. The summed E-state index contributed by atoms with van der Waals surface area (Å²) < 4.78 is 2.30. The Morgan fingerprint density at radius 1 is 1.12 bits per heavy atom. The number of hydrogen-bond acceptors (Lipinski definition) is 2. The van der Waals surface area contributed by atoms with E-state index in [0.717, 1.165) is 17.5 Å². The van der Waals surface area contributed by atoms with E-state index in [2.05, 4.69) is 39.3 Å². The van der Waals surface area contributed by atoms with E-state index in [1.165, 1.54) is 37.7 Å². The summed E-state index contributed by atoms with van der Waals surface area (Å²) in [6, 6.07) is 14.8. The maximum absolute atomic E-state index is 12.4. The van der Waals surface area contributed by atoms with Crippen molar-refractivity contribution in [2.45, 2.75) is 44.6 Å². The first-order valence-electron chi connectivity index (χ1n) is 9.60. The van der Waals surface area contributed by atoms with Crippen molar-refractivity contribution in [1.82, 2.24) is 14.9 Å². The van der Waals surface area contributed by atoms with E-state index >= 15 is 0 Å². The zero-order chi connectivity index (χ0) is 17.8. The molecule has 2 aromatic heterocycles. The van der Waals surface area contributed by atoms with Gasteiger partial charge in [0.05, 0.1) is 5.56 Å². The molecule has 0 saturated heterocycles. The molecule has 1 fully saturated rings. The molecule has 134 valence electrons. The van der Waals surface area contributed by atoms with Crippen LogP contribution in [0.1, 0.15) is 54.1 Å². The van der Waals surface area contributed by atoms with Crippen molar-refractivity contribution in [3.05, 3.63) is 66.0 Å². The zero-order valence-corrected chi connectivity index (χ0v) is 15.0. The quantitative estimate of drug-likeness (QED) is 0.738. The number of hydrogen-bond donors (Lipinski definition) is 1. The highest BCUT2D eigenvalue weighted by Crippen LogP contribution is 2.31. The second-order valence-corrected chi connectivity index (χ2v) is 7.14. The molecular weight excluding hydrogens is 322 g/mol. The second-order valence-electron chi connectivity index (χ2n) is 7.14. The van der Waals surface area contributed by atoms with Gasteiger partial charge in [-0.2, -0.15) is 0 Å². The minimum absolute atomic E-state index is 0.0549. The molecule has 2 heterocycles. The number of benzene rings is 1. The maximum Gasteiger partial charge on any atom is 0.252 e. The fourth-order valence-corrected chi connectivity index (χ4v) is 3.89. The second kappa shape index (κ2) is 7.73. The van der Waals surface area contributed by atoms with Crippen molar-refractivity contribution < 1.29 is 4.79 Å². The summed E-state index contributed by atoms with van der Waals surface area (Å²) in [5.41, 5.74) is 2.86. The smallest absolute Gasteiger partial charge is 0.252 e. The van der Waals surface area contributed by atoms with Gasteiger partial charge in [-0.1, -0.05) is 49.6 Å². The van der Waals surface area contributed by atoms with Gasteiger partial charge in [0.1, 0.15) is 5.65 Å². The van der Waals surface area contributed by atoms with Gasteiger partial charge in [0.2, 0.25) is 0 Å². The van der Waals surface area contributed by atoms with Gasteiger partial charge in [-0.15, -0.1) is 0 Å². The SMILES string of the molecule is O=C(NCCc1ccccc1)c1cnc2c(ccn2C2CCCCC2)c1. The summed E-state index contributed by atoms with van der Waals surface area (Å²) in [6.07, 6.45) is 11.1. The zero-order valence-electron chi connectivity index (χ0n) is 15.0. The molecule has 0 spiro atoms. The Morgan fingerprint density at radius 2 is 1.92 bits per heavy atom. The van der Waals surface area contributed by atoms with Crippen molar-refractivity contribution in [2.75, 3.05) is 6.54 Å². The maximum atomic E-state index is 12.4. The number of carbonyl (C=O) groups is 1. The summed E-state index contributed by atoms with van der Waals surface area (Å²) in [7, 11) is 0. The van der Waals surface area contributed by atoms with Gasteiger partial charge in [0, 0.05) is 30.4 Å². The number of nitrogens with zero attached hydrogens (tertiary/aromatic N) is 2. The highest BCUT2D eigenvalue weighted by Gasteiger charge is 2.18. The first kappa shape index (κ1) is 16.8. The van der Waals surface area contributed by atoms with E-state index in [0.29, 0.717) is 18.2 Å². The van der Waals surface area contributed by atoms with Crippen LogP contribution >= 0.6 is 0 Å². The van der Waals surface area contributed by atoms with Crippen LogP contribution in [0, 0.1) is 0 Å². The minimum atomic E-state index is -0.0549. The van der Waals surface area contributed by atoms with Crippen molar-refractivity contribution in [3.8, 4) is 0 Å². The number of pyridine rings is 1. The molecule has 1 N–H and O–H groups in total. The van der Waals surface area contributed by atoms with Crippen molar-refractivity contribution >= 4 is 16.9 Å². The number of aromatic nitrogens is 2. The van der Waals surface area contributed by atoms with Gasteiger partial charge in [-0.05, 0) is 37.0 Å². The van der Waals surface area contributed by atoms with Crippen LogP contribution in [0.25, 0.3) is 11.0 Å². The summed E-state index contributed by atoms with van der Waals surface area (Å²) in [6.45, 7) is 0.629. The molecule has 0 aliphatic heterocycles. The van der Waals surface area contributed by atoms with E-state index in [4.69, 9.17) is 0 Å². The Bertz CT molecular complexity index is 879. The largest absolute Gasteiger partial charge is 0.352 e. The van der Waals surface area contributed by atoms with E-state index in [1.54, 1.807) is 6.20 Å². The first-order valence-corrected chi connectivity index (χ1v) is 9.60. The van der Waals surface area contributed by atoms with E-state index < -0.39 is 0 Å². The summed E-state index contributed by atoms with van der Waals surface area (Å²) in [4.78, 5) is 17.0. The van der Waals surface area contributed by atoms with E-state index in [1.807, 2.05) is 24.3 Å². The van der Waals surface area contributed by atoms with Gasteiger partial charge < -0.3 is 9.88 Å². The lowest BCUT2D eigenvalue weighted by atomic mass is 9.95. The monoisotopic (exact) mass is 347 g/mol. The van der Waals surface area contributed by atoms with Crippen molar-refractivity contribution in [1.29, 1.82) is 0 Å². The molecular formula is C22H25N3O. The number of carbonyl (C=O) groups excluding carboxylic acids is 1. The average Bonchev–Trinajstić information content (AvgIpc) is 3.12. The molecule has 1 aliphatic rings. The van der Waals surface area contributed by atoms with Gasteiger partial charge in [0.25, 0.3) is 5.91 Å². The minimum Gasteiger partial charge on any atom is -0.352 e. The Hall–Kier alpha value is -2.62. The number of amides is 1. The molecule has 0 unspecified atom stereocenters. The van der Waals surface area contributed by atoms with Crippen LogP contribution < -0.4 is 5.32 Å². The molecule has 3 aromatic rings. The molecule has 4 heteroatoms. The van der Waals surface area contributed by atoms with Crippen LogP contribution in [-0.4, -0.2) is 22.0 Å². The van der Waals surface area contributed by atoms with Crippen LogP contribution in [0.15, 0.2) is 54.9 Å². The summed E-state index contributed by atoms with van der Waals surface area (Å²) >= 11 is 0. The molecule has 0 bridgehead atoms. The van der Waals surface area contributed by atoms with Gasteiger partial charge in [-0.25, -0.2) is 4.98 Å². The Kier molecular flexibility index (Phi) is 5.00. The normalized spacial score (nSPS) is 15.2. The highest BCUT2D eigenvalue weighted by atomic mass is 16.1. The third kappa shape index (κ3) is 3.64. The third-order valence-electron chi connectivity index (χ3n) is 5.33. The Morgan fingerprint density at radius 3 is 2.73 bits per heavy atom. The lowest BCUT2D eigenvalue weighted by Crippen LogP contribution is -2.25. The number of nitrogens with one attached hydrogen (secondary N) is 1. The van der Waals surface area contributed by atoms with Crippen LogP contribution in [-0.2, 0) is 6.42 Å². The predicted octanol–water partition coefficient (Wildman–Crippen LogP) is 4.51. The Labute approximate surface area is 154 Å². The van der Waals surface area contributed by atoms with Crippen LogP contribution in [0.5, 0.6) is 0 Å². The van der Waals surface area contributed by atoms with Gasteiger partial charge in [0.15, 0.2) is 0 Å². The van der Waals surface area contributed by atoms with Crippen LogP contribution in [0.2, 0.25) is 0 Å². The number of rotatable bonds is 5. The van der Waals surface area contributed by atoms with Gasteiger partial charge in [-0.3, -0.25) is 4.79 Å². The first-order chi connectivity index (χ1) is 12.8. The summed E-state index contributed by atoms with van der Waals surface area (Å²) in [5, 5.41) is 4.04. The fraction of sp³-hybridized carbons (Fsp3) is 0.364. The average molecular weight is 347 g/mol. The topological polar surface area (TPSA) is 46.9 Å². The fourth-order valence-electron chi connectivity index (χ4n) is 3.89. The van der Waals surface area contributed by atoms with E-state index in [-0.39, 0.29) is 5.91 Å². The van der Waals surface area contributed by atoms with Crippen LogP contribution in [0.3, 0.4) is 0 Å². The molecule has 4 rings (SSSR count). The molecule has 1 aromatic carbocycles. The van der Waals surface area contributed by atoms with Gasteiger partial charge >= 0.3 is 0 Å². The Balaban J connectivity index is 1.42. The standard InChI is InChI=1S/C22H25N3O/c26-22(23-13-11-17-7-3-1-4-8-17)19-15-18-12-14-25(21(18)24-16-19)20-9-5-2-6-10-20/h1,3-4,7-8,12,14-16,20H,2,5-6,9-11,13H2,(H,23,26). The van der Waals surface area contributed by atoms with Crippen LogP contribution in [0.4, 0.5) is 0 Å².